The second-order valence-electron chi connectivity index (χ2n) is 4.81. The fourth-order valence-corrected chi connectivity index (χ4v) is 2.03. The number of anilines is 1. The van der Waals surface area contributed by atoms with Gasteiger partial charge in [0.25, 0.3) is 5.91 Å². The van der Waals surface area contributed by atoms with Gasteiger partial charge in [-0.05, 0) is 38.1 Å². The largest absolute Gasteiger partial charge is 0.481 e. The van der Waals surface area contributed by atoms with Crippen molar-refractivity contribution in [3.8, 4) is 5.75 Å². The summed E-state index contributed by atoms with van der Waals surface area (Å²) < 4.78 is 5.57. The third kappa shape index (κ3) is 4.09. The zero-order valence-corrected chi connectivity index (χ0v) is 13.1. The Morgan fingerprint density at radius 2 is 1.86 bits per heavy atom. The number of rotatable bonds is 5. The molecule has 2 aromatic rings. The molecule has 0 aromatic heterocycles. The monoisotopic (exact) mass is 317 g/mol. The lowest BCUT2D eigenvalue weighted by molar-refractivity contribution is -0.122. The van der Waals surface area contributed by atoms with Gasteiger partial charge in [0.05, 0.1) is 10.7 Å². The second-order valence-corrected chi connectivity index (χ2v) is 5.22. The van der Waals surface area contributed by atoms with Gasteiger partial charge < -0.3 is 10.1 Å². The lowest BCUT2D eigenvalue weighted by Crippen LogP contribution is -2.30. The van der Waals surface area contributed by atoms with Crippen LogP contribution in [0.3, 0.4) is 0 Å². The van der Waals surface area contributed by atoms with Crippen LogP contribution in [-0.4, -0.2) is 17.8 Å². The maximum absolute atomic E-state index is 12.1. The van der Waals surface area contributed by atoms with E-state index in [4.69, 9.17) is 16.3 Å². The van der Waals surface area contributed by atoms with Crippen molar-refractivity contribution in [2.24, 2.45) is 0 Å². The van der Waals surface area contributed by atoms with E-state index in [1.807, 2.05) is 0 Å². The number of benzene rings is 2. The maximum atomic E-state index is 12.1. The fourth-order valence-electron chi connectivity index (χ4n) is 1.84. The lowest BCUT2D eigenvalue weighted by Gasteiger charge is -2.15. The van der Waals surface area contributed by atoms with Crippen molar-refractivity contribution in [3.05, 3.63) is 59.1 Å². The van der Waals surface area contributed by atoms with Gasteiger partial charge in [0, 0.05) is 5.56 Å². The van der Waals surface area contributed by atoms with Crippen LogP contribution >= 0.6 is 11.6 Å². The first-order valence-electron chi connectivity index (χ1n) is 6.80. The van der Waals surface area contributed by atoms with Gasteiger partial charge in [-0.15, -0.1) is 0 Å². The van der Waals surface area contributed by atoms with Gasteiger partial charge in [0.2, 0.25) is 0 Å². The number of amides is 1. The molecule has 0 unspecified atom stereocenters. The van der Waals surface area contributed by atoms with Gasteiger partial charge in [-0.1, -0.05) is 35.9 Å². The van der Waals surface area contributed by atoms with Gasteiger partial charge in [-0.2, -0.15) is 0 Å². The normalized spacial score (nSPS) is 11.6. The van der Waals surface area contributed by atoms with E-state index in [0.717, 1.165) is 0 Å². The molecule has 5 heteroatoms. The highest BCUT2D eigenvalue weighted by atomic mass is 35.5. The molecule has 0 aliphatic rings. The van der Waals surface area contributed by atoms with Crippen LogP contribution in [0.25, 0.3) is 0 Å². The van der Waals surface area contributed by atoms with Crippen LogP contribution in [0.2, 0.25) is 5.02 Å². The van der Waals surface area contributed by atoms with Crippen LogP contribution in [0.15, 0.2) is 48.5 Å². The van der Waals surface area contributed by atoms with Gasteiger partial charge in [-0.25, -0.2) is 0 Å². The number of ether oxygens (including phenoxy) is 1. The van der Waals surface area contributed by atoms with Gasteiger partial charge in [0.15, 0.2) is 11.9 Å². The first-order chi connectivity index (χ1) is 10.5. The number of hydrogen-bond acceptors (Lipinski definition) is 3. The minimum atomic E-state index is -0.724. The minimum absolute atomic E-state index is 0.0568. The number of halogens is 1. The van der Waals surface area contributed by atoms with E-state index in [9.17, 15) is 9.59 Å². The molecule has 2 aromatic carbocycles. The van der Waals surface area contributed by atoms with E-state index in [1.165, 1.54) is 6.92 Å². The summed E-state index contributed by atoms with van der Waals surface area (Å²) in [5, 5.41) is 3.16. The van der Waals surface area contributed by atoms with Crippen LogP contribution in [0, 0.1) is 0 Å². The average molecular weight is 318 g/mol. The van der Waals surface area contributed by atoms with Crippen molar-refractivity contribution in [2.45, 2.75) is 20.0 Å². The average Bonchev–Trinajstić information content (AvgIpc) is 2.49. The maximum Gasteiger partial charge on any atom is 0.265 e. The van der Waals surface area contributed by atoms with Crippen LogP contribution in [-0.2, 0) is 4.79 Å². The number of Topliss-reactive ketones (excluding diaryl/α,β-unsaturated/α-hetero) is 1. The van der Waals surface area contributed by atoms with Crippen molar-refractivity contribution in [2.75, 3.05) is 5.32 Å². The summed E-state index contributed by atoms with van der Waals surface area (Å²) in [4.78, 5) is 23.5. The van der Waals surface area contributed by atoms with E-state index in [0.29, 0.717) is 22.0 Å². The first-order valence-corrected chi connectivity index (χ1v) is 7.18. The molecule has 22 heavy (non-hydrogen) atoms. The number of ketones is 1. The summed E-state index contributed by atoms with van der Waals surface area (Å²) in [5.74, 6) is 0.0921. The smallest absolute Gasteiger partial charge is 0.265 e. The van der Waals surface area contributed by atoms with Crippen LogP contribution in [0.4, 0.5) is 5.69 Å². The SMILES string of the molecule is CC(=O)c1cccc(O[C@H](C)C(=O)Nc2ccccc2Cl)c1. The van der Waals surface area contributed by atoms with Crippen molar-refractivity contribution >= 4 is 29.0 Å². The number of nitrogens with one attached hydrogen (secondary N) is 1. The highest BCUT2D eigenvalue weighted by Gasteiger charge is 2.16. The highest BCUT2D eigenvalue weighted by Crippen LogP contribution is 2.21. The third-order valence-electron chi connectivity index (χ3n) is 3.05. The summed E-state index contributed by atoms with van der Waals surface area (Å²) in [6.07, 6.45) is -0.724. The number of hydrogen-bond donors (Lipinski definition) is 1. The zero-order valence-electron chi connectivity index (χ0n) is 12.3. The fraction of sp³-hybridized carbons (Fsp3) is 0.176. The number of para-hydroxylation sites is 1. The van der Waals surface area contributed by atoms with E-state index in [2.05, 4.69) is 5.32 Å². The molecule has 0 aliphatic carbocycles. The Kier molecular flexibility index (Phi) is 5.17. The van der Waals surface area contributed by atoms with Crippen LogP contribution < -0.4 is 10.1 Å². The Labute approximate surface area is 134 Å². The predicted octanol–water partition coefficient (Wildman–Crippen LogP) is 3.95. The van der Waals surface area contributed by atoms with E-state index < -0.39 is 6.10 Å². The standard InChI is InChI=1S/C17H16ClNO3/c1-11(20)13-6-5-7-14(10-13)22-12(2)17(21)19-16-9-4-3-8-15(16)18/h3-10,12H,1-2H3,(H,19,21)/t12-/m1/s1. The molecular weight excluding hydrogens is 302 g/mol. The summed E-state index contributed by atoms with van der Waals surface area (Å²) in [5.41, 5.74) is 1.07. The van der Waals surface area contributed by atoms with Crippen molar-refractivity contribution in [1.82, 2.24) is 0 Å². The molecule has 0 bridgehead atoms. The summed E-state index contributed by atoms with van der Waals surface area (Å²) in [7, 11) is 0. The minimum Gasteiger partial charge on any atom is -0.481 e. The van der Waals surface area contributed by atoms with Gasteiger partial charge >= 0.3 is 0 Å². The van der Waals surface area contributed by atoms with Crippen molar-refractivity contribution in [3.63, 3.8) is 0 Å². The first kappa shape index (κ1) is 16.0. The number of carbonyl (C=O) groups excluding carboxylic acids is 2. The molecule has 0 fully saturated rings. The molecular formula is C17H16ClNO3. The van der Waals surface area contributed by atoms with E-state index in [1.54, 1.807) is 55.5 Å². The van der Waals surface area contributed by atoms with E-state index in [-0.39, 0.29) is 11.7 Å². The molecule has 0 aliphatic heterocycles. The Balaban J connectivity index is 2.04. The van der Waals surface area contributed by atoms with E-state index >= 15 is 0 Å². The molecule has 1 N–H and O–H groups in total. The Morgan fingerprint density at radius 3 is 2.55 bits per heavy atom. The second kappa shape index (κ2) is 7.09. The summed E-state index contributed by atoms with van der Waals surface area (Å²) >= 11 is 6.00. The topological polar surface area (TPSA) is 55.4 Å². The molecule has 114 valence electrons. The zero-order chi connectivity index (χ0) is 16.1. The highest BCUT2D eigenvalue weighted by molar-refractivity contribution is 6.33. The Morgan fingerprint density at radius 1 is 1.14 bits per heavy atom. The van der Waals surface area contributed by atoms with Gasteiger partial charge in [-0.3, -0.25) is 9.59 Å². The van der Waals surface area contributed by atoms with Crippen LogP contribution in [0.5, 0.6) is 5.75 Å². The summed E-state index contributed by atoms with van der Waals surface area (Å²) in [6.45, 7) is 3.11. The summed E-state index contributed by atoms with van der Waals surface area (Å²) in [6, 6.07) is 13.7. The molecule has 0 saturated heterocycles. The predicted molar refractivity (Wildman–Crippen MR) is 86.6 cm³/mol. The Hall–Kier alpha value is -2.33. The molecule has 0 saturated carbocycles. The molecule has 1 amide bonds. The van der Waals surface area contributed by atoms with Crippen LogP contribution in [0.1, 0.15) is 24.2 Å². The quantitative estimate of drug-likeness (QED) is 0.850. The number of carbonyl (C=O) groups is 2. The van der Waals surface area contributed by atoms with Gasteiger partial charge in [0.1, 0.15) is 5.75 Å². The molecule has 0 heterocycles. The molecule has 1 atom stereocenters. The molecule has 0 radical (unpaired) electrons. The molecule has 4 nitrogen and oxygen atoms in total. The third-order valence-corrected chi connectivity index (χ3v) is 3.38. The Bertz CT molecular complexity index is 700. The molecule has 2 rings (SSSR count). The lowest BCUT2D eigenvalue weighted by atomic mass is 10.1. The van der Waals surface area contributed by atoms with Crippen molar-refractivity contribution < 1.29 is 14.3 Å². The van der Waals surface area contributed by atoms with Crippen molar-refractivity contribution in [1.29, 1.82) is 0 Å². The molecule has 0 spiro atoms.